The molecule has 6 heteroatoms. The summed E-state index contributed by atoms with van der Waals surface area (Å²) >= 11 is 6.00. The van der Waals surface area contributed by atoms with Crippen LogP contribution in [0, 0.1) is 0 Å². The highest BCUT2D eigenvalue weighted by molar-refractivity contribution is 6.30. The fourth-order valence-corrected chi connectivity index (χ4v) is 4.28. The summed E-state index contributed by atoms with van der Waals surface area (Å²) in [6.45, 7) is 3.60. The lowest BCUT2D eigenvalue weighted by Gasteiger charge is -2.28. The molecule has 0 unspecified atom stereocenters. The number of methoxy groups -OCH3 is 1. The summed E-state index contributed by atoms with van der Waals surface area (Å²) in [4.78, 5) is 11.9. The molecule has 3 heterocycles. The summed E-state index contributed by atoms with van der Waals surface area (Å²) in [5, 5.41) is 0.721. The summed E-state index contributed by atoms with van der Waals surface area (Å²) in [5.41, 5.74) is 5.92. The lowest BCUT2D eigenvalue weighted by molar-refractivity contribution is 0.237. The van der Waals surface area contributed by atoms with E-state index in [0.717, 1.165) is 60.5 Å². The second kappa shape index (κ2) is 9.15. The quantitative estimate of drug-likeness (QED) is 0.409. The minimum absolute atomic E-state index is 0.721. The number of hydrogen-bond donors (Lipinski definition) is 0. The Morgan fingerprint density at radius 2 is 1.81 bits per heavy atom. The Labute approximate surface area is 193 Å². The molecule has 5 rings (SSSR count). The first-order valence-electron chi connectivity index (χ1n) is 10.8. The van der Waals surface area contributed by atoms with E-state index < -0.39 is 0 Å². The first-order chi connectivity index (χ1) is 15.7. The minimum atomic E-state index is 0.721. The van der Waals surface area contributed by atoms with Gasteiger partial charge in [-0.15, -0.1) is 0 Å². The molecule has 32 heavy (non-hydrogen) atoms. The summed E-state index contributed by atoms with van der Waals surface area (Å²) in [6.07, 6.45) is 5.06. The van der Waals surface area contributed by atoms with Crippen LogP contribution in [0.25, 0.3) is 11.4 Å². The van der Waals surface area contributed by atoms with Crippen LogP contribution >= 0.6 is 11.6 Å². The normalized spacial score (nSPS) is 13.7. The molecule has 4 aromatic rings. The van der Waals surface area contributed by atoms with Crippen molar-refractivity contribution < 1.29 is 4.74 Å². The highest BCUT2D eigenvalue weighted by Gasteiger charge is 2.20. The third kappa shape index (κ3) is 4.54. The number of fused-ring (bicyclic) bond motifs is 1. The van der Waals surface area contributed by atoms with Crippen molar-refractivity contribution in [3.63, 3.8) is 0 Å². The van der Waals surface area contributed by atoms with E-state index in [9.17, 15) is 0 Å². The Morgan fingerprint density at radius 1 is 1.00 bits per heavy atom. The number of benzene rings is 2. The topological polar surface area (TPSA) is 43.2 Å². The molecule has 5 nitrogen and oxygen atoms in total. The molecule has 162 valence electrons. The number of nitrogens with zero attached hydrogens (tertiary/aromatic N) is 4. The predicted octanol–water partition coefficient (Wildman–Crippen LogP) is 5.21. The van der Waals surface area contributed by atoms with Gasteiger partial charge in [-0.25, -0.2) is 9.97 Å². The van der Waals surface area contributed by atoms with E-state index in [1.165, 1.54) is 16.8 Å². The van der Waals surface area contributed by atoms with Crippen LogP contribution in [0.5, 0.6) is 5.75 Å². The average molecular weight is 445 g/mol. The Morgan fingerprint density at radius 3 is 2.59 bits per heavy atom. The number of ether oxygens (including phenoxy) is 1. The van der Waals surface area contributed by atoms with Crippen LogP contribution in [0.4, 0.5) is 0 Å². The zero-order valence-corrected chi connectivity index (χ0v) is 18.8. The van der Waals surface area contributed by atoms with Crippen LogP contribution in [-0.4, -0.2) is 33.1 Å². The molecule has 2 aromatic heterocycles. The summed E-state index contributed by atoms with van der Waals surface area (Å²) in [7, 11) is 1.69. The molecule has 0 atom stereocenters. The Bertz CT molecular complexity index is 1200. The molecule has 0 saturated heterocycles. The average Bonchev–Trinajstić information content (AvgIpc) is 3.26. The smallest absolute Gasteiger partial charge is 0.159 e. The van der Waals surface area contributed by atoms with E-state index in [4.69, 9.17) is 21.3 Å². The minimum Gasteiger partial charge on any atom is -0.497 e. The first kappa shape index (κ1) is 20.7. The predicted molar refractivity (Wildman–Crippen MR) is 127 cm³/mol. The second-order valence-corrected chi connectivity index (χ2v) is 8.55. The van der Waals surface area contributed by atoms with Crippen molar-refractivity contribution in [2.45, 2.75) is 26.1 Å². The van der Waals surface area contributed by atoms with E-state index in [0.29, 0.717) is 0 Å². The van der Waals surface area contributed by atoms with Crippen LogP contribution in [-0.2, 0) is 26.1 Å². The number of rotatable bonds is 6. The first-order valence-corrected chi connectivity index (χ1v) is 11.2. The summed E-state index contributed by atoms with van der Waals surface area (Å²) in [5.74, 6) is 1.65. The molecule has 0 spiro atoms. The highest BCUT2D eigenvalue weighted by Crippen LogP contribution is 2.23. The van der Waals surface area contributed by atoms with E-state index >= 15 is 0 Å². The number of aromatic nitrogens is 3. The van der Waals surface area contributed by atoms with Gasteiger partial charge >= 0.3 is 0 Å². The third-order valence-corrected chi connectivity index (χ3v) is 6.19. The van der Waals surface area contributed by atoms with Gasteiger partial charge in [0, 0.05) is 66.8 Å². The maximum absolute atomic E-state index is 6.00. The van der Waals surface area contributed by atoms with Gasteiger partial charge in [0.25, 0.3) is 0 Å². The van der Waals surface area contributed by atoms with Crippen molar-refractivity contribution >= 4 is 11.6 Å². The molecule has 2 aromatic carbocycles. The molecule has 1 aliphatic rings. The number of halogens is 1. The van der Waals surface area contributed by atoms with Gasteiger partial charge in [-0.05, 0) is 54.1 Å². The van der Waals surface area contributed by atoms with Crippen molar-refractivity contribution in [2.24, 2.45) is 0 Å². The van der Waals surface area contributed by atoms with Crippen LogP contribution < -0.4 is 4.74 Å². The van der Waals surface area contributed by atoms with Gasteiger partial charge in [0.15, 0.2) is 5.82 Å². The largest absolute Gasteiger partial charge is 0.497 e. The van der Waals surface area contributed by atoms with E-state index in [1.807, 2.05) is 42.6 Å². The molecule has 0 amide bonds. The highest BCUT2D eigenvalue weighted by atomic mass is 35.5. The monoisotopic (exact) mass is 444 g/mol. The van der Waals surface area contributed by atoms with Crippen molar-refractivity contribution in [2.75, 3.05) is 13.7 Å². The van der Waals surface area contributed by atoms with Gasteiger partial charge in [-0.3, -0.25) is 4.90 Å². The van der Waals surface area contributed by atoms with Gasteiger partial charge in [-0.2, -0.15) is 0 Å². The van der Waals surface area contributed by atoms with Gasteiger partial charge in [0.1, 0.15) is 5.75 Å². The third-order valence-electron chi connectivity index (χ3n) is 5.94. The molecular formula is C26H25ClN4O. The molecular weight excluding hydrogens is 420 g/mol. The van der Waals surface area contributed by atoms with Crippen LogP contribution in [0.2, 0.25) is 5.02 Å². The molecule has 0 aliphatic carbocycles. The molecule has 0 radical (unpaired) electrons. The van der Waals surface area contributed by atoms with Crippen molar-refractivity contribution in [3.05, 3.63) is 101 Å². The lowest BCUT2D eigenvalue weighted by Crippen LogP contribution is -2.31. The van der Waals surface area contributed by atoms with E-state index in [2.05, 4.69) is 44.9 Å². The summed E-state index contributed by atoms with van der Waals surface area (Å²) < 4.78 is 7.58. The zero-order valence-electron chi connectivity index (χ0n) is 18.0. The lowest BCUT2D eigenvalue weighted by atomic mass is 10.1. The fourth-order valence-electron chi connectivity index (χ4n) is 4.15. The van der Waals surface area contributed by atoms with E-state index in [-0.39, 0.29) is 0 Å². The van der Waals surface area contributed by atoms with Crippen LogP contribution in [0.3, 0.4) is 0 Å². The molecule has 0 fully saturated rings. The number of hydrogen-bond acceptors (Lipinski definition) is 4. The Hall–Kier alpha value is -3.15. The second-order valence-electron chi connectivity index (χ2n) is 8.11. The van der Waals surface area contributed by atoms with Crippen molar-refractivity contribution in [1.82, 2.24) is 19.4 Å². The van der Waals surface area contributed by atoms with E-state index in [1.54, 1.807) is 7.11 Å². The van der Waals surface area contributed by atoms with Crippen molar-refractivity contribution in [1.29, 1.82) is 0 Å². The molecule has 1 aliphatic heterocycles. The zero-order chi connectivity index (χ0) is 21.9. The van der Waals surface area contributed by atoms with Crippen LogP contribution in [0.1, 0.15) is 22.5 Å². The van der Waals surface area contributed by atoms with Gasteiger partial charge < -0.3 is 9.30 Å². The standard InChI is InChI=1S/C26H25ClN4O/c1-32-24-10-4-19(5-11-24)16-31-13-2-3-23(31)18-30-14-12-25-21(17-30)15-28-26(29-25)20-6-8-22(27)9-7-20/h2-11,13,15H,12,14,16-18H2,1H3. The van der Waals surface area contributed by atoms with Gasteiger partial charge in [0.2, 0.25) is 0 Å². The van der Waals surface area contributed by atoms with Crippen molar-refractivity contribution in [3.8, 4) is 17.1 Å². The molecule has 0 saturated carbocycles. The molecule has 0 bridgehead atoms. The Balaban J connectivity index is 1.27. The van der Waals surface area contributed by atoms with Gasteiger partial charge in [-0.1, -0.05) is 23.7 Å². The Kier molecular flexibility index (Phi) is 5.93. The summed E-state index contributed by atoms with van der Waals surface area (Å²) in [6, 6.07) is 20.3. The maximum Gasteiger partial charge on any atom is 0.159 e. The van der Waals surface area contributed by atoms with Gasteiger partial charge in [0.05, 0.1) is 12.8 Å². The maximum atomic E-state index is 6.00. The SMILES string of the molecule is COc1ccc(Cn2cccc2CN2CCc3nc(-c4ccc(Cl)cc4)ncc3C2)cc1. The van der Waals surface area contributed by atoms with Crippen LogP contribution in [0.15, 0.2) is 73.1 Å². The fraction of sp³-hybridized carbons (Fsp3) is 0.231. The molecule has 0 N–H and O–H groups in total.